The fourth-order valence-corrected chi connectivity index (χ4v) is 3.32. The van der Waals surface area contributed by atoms with Gasteiger partial charge in [-0.15, -0.1) is 0 Å². The molecule has 0 saturated carbocycles. The summed E-state index contributed by atoms with van der Waals surface area (Å²) in [5.74, 6) is 0.877. The number of benzene rings is 1. The second kappa shape index (κ2) is 6.06. The van der Waals surface area contributed by atoms with Crippen LogP contribution in [0.1, 0.15) is 26.2 Å². The Morgan fingerprint density at radius 3 is 2.48 bits per heavy atom. The number of rotatable bonds is 4. The van der Waals surface area contributed by atoms with E-state index < -0.39 is 0 Å². The largest absolute Gasteiger partial charge is 0.328 e. The van der Waals surface area contributed by atoms with E-state index in [9.17, 15) is 4.79 Å². The lowest BCUT2D eigenvalue weighted by atomic mass is 9.99. The lowest BCUT2D eigenvalue weighted by Gasteiger charge is -2.30. The molecule has 4 heteroatoms. The SMILES string of the molecule is CC1CCN(CCCn2c(=O)n(C)c3ccccc32)CC1. The Labute approximate surface area is 126 Å². The molecule has 0 unspecified atom stereocenters. The van der Waals surface area contributed by atoms with Crippen LogP contribution in [0.3, 0.4) is 0 Å². The van der Waals surface area contributed by atoms with E-state index >= 15 is 0 Å². The zero-order chi connectivity index (χ0) is 14.8. The molecule has 4 nitrogen and oxygen atoms in total. The van der Waals surface area contributed by atoms with Crippen molar-refractivity contribution in [1.29, 1.82) is 0 Å². The van der Waals surface area contributed by atoms with Gasteiger partial charge in [-0.05, 0) is 56.9 Å². The van der Waals surface area contributed by atoms with Crippen LogP contribution in [-0.4, -0.2) is 33.7 Å². The third-order valence-electron chi connectivity index (χ3n) is 4.78. The number of hydrogen-bond acceptors (Lipinski definition) is 2. The van der Waals surface area contributed by atoms with Gasteiger partial charge in [0.15, 0.2) is 0 Å². The number of nitrogens with zero attached hydrogens (tertiary/aromatic N) is 3. The van der Waals surface area contributed by atoms with E-state index in [0.29, 0.717) is 0 Å². The third-order valence-corrected chi connectivity index (χ3v) is 4.78. The summed E-state index contributed by atoms with van der Waals surface area (Å²) in [5, 5.41) is 0. The molecule has 2 heterocycles. The van der Waals surface area contributed by atoms with E-state index in [4.69, 9.17) is 0 Å². The predicted molar refractivity (Wildman–Crippen MR) is 86.6 cm³/mol. The zero-order valence-corrected chi connectivity index (χ0v) is 13.1. The molecule has 1 fully saturated rings. The van der Waals surface area contributed by atoms with Gasteiger partial charge in [0.2, 0.25) is 0 Å². The van der Waals surface area contributed by atoms with Crippen LogP contribution in [-0.2, 0) is 13.6 Å². The van der Waals surface area contributed by atoms with Crippen molar-refractivity contribution in [2.75, 3.05) is 19.6 Å². The van der Waals surface area contributed by atoms with Crippen LogP contribution >= 0.6 is 0 Å². The van der Waals surface area contributed by atoms with E-state index in [1.54, 1.807) is 4.57 Å². The second-order valence-electron chi connectivity index (χ2n) is 6.36. The average molecular weight is 287 g/mol. The molecule has 0 aliphatic carbocycles. The quantitative estimate of drug-likeness (QED) is 0.864. The smallest absolute Gasteiger partial charge is 0.303 e. The van der Waals surface area contributed by atoms with Crippen molar-refractivity contribution in [2.45, 2.75) is 32.7 Å². The van der Waals surface area contributed by atoms with Crippen LogP contribution in [0.2, 0.25) is 0 Å². The molecular weight excluding hydrogens is 262 g/mol. The second-order valence-corrected chi connectivity index (χ2v) is 6.36. The van der Waals surface area contributed by atoms with Crippen LogP contribution in [0.4, 0.5) is 0 Å². The normalized spacial score (nSPS) is 17.6. The Bertz CT molecular complexity index is 662. The van der Waals surface area contributed by atoms with Crippen LogP contribution < -0.4 is 5.69 Å². The van der Waals surface area contributed by atoms with Crippen LogP contribution in [0.25, 0.3) is 11.0 Å². The minimum Gasteiger partial charge on any atom is -0.303 e. The molecule has 0 spiro atoms. The van der Waals surface area contributed by atoms with Gasteiger partial charge < -0.3 is 4.90 Å². The lowest BCUT2D eigenvalue weighted by molar-refractivity contribution is 0.188. The fourth-order valence-electron chi connectivity index (χ4n) is 3.32. The van der Waals surface area contributed by atoms with E-state index in [1.807, 2.05) is 35.9 Å². The Balaban J connectivity index is 1.66. The highest BCUT2D eigenvalue weighted by Crippen LogP contribution is 2.16. The van der Waals surface area contributed by atoms with Crippen molar-refractivity contribution >= 4 is 11.0 Å². The summed E-state index contributed by atoms with van der Waals surface area (Å²) < 4.78 is 3.67. The van der Waals surface area contributed by atoms with Gasteiger partial charge in [0, 0.05) is 13.6 Å². The summed E-state index contributed by atoms with van der Waals surface area (Å²) in [4.78, 5) is 14.9. The Morgan fingerprint density at radius 1 is 1.10 bits per heavy atom. The summed E-state index contributed by atoms with van der Waals surface area (Å²) in [6, 6.07) is 8.05. The van der Waals surface area contributed by atoms with Crippen molar-refractivity contribution in [3.63, 3.8) is 0 Å². The van der Waals surface area contributed by atoms with Gasteiger partial charge in [-0.1, -0.05) is 19.1 Å². The number of aryl methyl sites for hydroxylation is 2. The van der Waals surface area contributed by atoms with Crippen molar-refractivity contribution < 1.29 is 0 Å². The molecule has 1 aromatic heterocycles. The summed E-state index contributed by atoms with van der Waals surface area (Å²) >= 11 is 0. The molecule has 0 atom stereocenters. The predicted octanol–water partition coefficient (Wildman–Crippen LogP) is 2.46. The van der Waals surface area contributed by atoms with Gasteiger partial charge >= 0.3 is 5.69 Å². The highest BCUT2D eigenvalue weighted by atomic mass is 16.1. The Kier molecular flexibility index (Phi) is 4.15. The number of likely N-dealkylation sites (tertiary alicyclic amines) is 1. The number of piperidine rings is 1. The van der Waals surface area contributed by atoms with E-state index in [0.717, 1.165) is 36.5 Å². The number of aromatic nitrogens is 2. The Hall–Kier alpha value is -1.55. The first-order chi connectivity index (χ1) is 10.2. The summed E-state index contributed by atoms with van der Waals surface area (Å²) in [7, 11) is 1.85. The van der Waals surface area contributed by atoms with Gasteiger partial charge in [0.05, 0.1) is 11.0 Å². The number of imidazole rings is 1. The molecule has 3 rings (SSSR count). The van der Waals surface area contributed by atoms with Crippen molar-refractivity contribution in [3.8, 4) is 0 Å². The first-order valence-corrected chi connectivity index (χ1v) is 8.03. The number of hydrogen-bond donors (Lipinski definition) is 0. The molecule has 1 aliphatic heterocycles. The van der Waals surface area contributed by atoms with Gasteiger partial charge in [-0.3, -0.25) is 9.13 Å². The minimum absolute atomic E-state index is 0.100. The van der Waals surface area contributed by atoms with Crippen LogP contribution in [0.5, 0.6) is 0 Å². The van der Waals surface area contributed by atoms with Crippen molar-refractivity contribution in [2.24, 2.45) is 13.0 Å². The Morgan fingerprint density at radius 2 is 1.76 bits per heavy atom. The average Bonchev–Trinajstić information content (AvgIpc) is 2.75. The number of fused-ring (bicyclic) bond motifs is 1. The standard InChI is InChI=1S/C17H25N3O/c1-14-8-12-19(13-9-14)10-5-11-20-16-7-4-3-6-15(16)18(2)17(20)21/h3-4,6-7,14H,5,8-13H2,1-2H3. The molecule has 0 radical (unpaired) electrons. The molecule has 0 amide bonds. The molecule has 1 saturated heterocycles. The van der Waals surface area contributed by atoms with Crippen molar-refractivity contribution in [3.05, 3.63) is 34.7 Å². The van der Waals surface area contributed by atoms with Crippen LogP contribution in [0.15, 0.2) is 29.1 Å². The summed E-state index contributed by atoms with van der Waals surface area (Å²) in [5.41, 5.74) is 2.18. The third kappa shape index (κ3) is 2.91. The highest BCUT2D eigenvalue weighted by Gasteiger charge is 2.15. The summed E-state index contributed by atoms with van der Waals surface area (Å²) in [6.07, 6.45) is 3.67. The molecule has 1 aromatic carbocycles. The number of para-hydroxylation sites is 2. The molecular formula is C17H25N3O. The van der Waals surface area contributed by atoms with Gasteiger partial charge in [0.1, 0.15) is 0 Å². The molecule has 0 N–H and O–H groups in total. The maximum Gasteiger partial charge on any atom is 0.328 e. The minimum atomic E-state index is 0.100. The molecule has 2 aromatic rings. The molecule has 21 heavy (non-hydrogen) atoms. The summed E-state index contributed by atoms with van der Waals surface area (Å²) in [6.45, 7) is 6.68. The van der Waals surface area contributed by atoms with Crippen LogP contribution in [0, 0.1) is 5.92 Å². The van der Waals surface area contributed by atoms with Crippen molar-refractivity contribution in [1.82, 2.24) is 14.0 Å². The van der Waals surface area contributed by atoms with E-state index in [-0.39, 0.29) is 5.69 Å². The van der Waals surface area contributed by atoms with Gasteiger partial charge in [-0.25, -0.2) is 4.79 Å². The van der Waals surface area contributed by atoms with E-state index in [1.165, 1.54) is 25.9 Å². The first kappa shape index (κ1) is 14.4. The maximum atomic E-state index is 12.3. The lowest BCUT2D eigenvalue weighted by Crippen LogP contribution is -2.34. The van der Waals surface area contributed by atoms with E-state index in [2.05, 4.69) is 11.8 Å². The molecule has 1 aliphatic rings. The van der Waals surface area contributed by atoms with Gasteiger partial charge in [-0.2, -0.15) is 0 Å². The topological polar surface area (TPSA) is 30.2 Å². The molecule has 0 bridgehead atoms. The van der Waals surface area contributed by atoms with Gasteiger partial charge in [0.25, 0.3) is 0 Å². The maximum absolute atomic E-state index is 12.3. The zero-order valence-electron chi connectivity index (χ0n) is 13.1. The monoisotopic (exact) mass is 287 g/mol. The molecule has 114 valence electrons. The highest BCUT2D eigenvalue weighted by molar-refractivity contribution is 5.75. The fraction of sp³-hybridized carbons (Fsp3) is 0.588. The first-order valence-electron chi connectivity index (χ1n) is 8.03.